The van der Waals surface area contributed by atoms with E-state index in [4.69, 9.17) is 23.9 Å². The van der Waals surface area contributed by atoms with Crippen LogP contribution in [0.2, 0.25) is 0 Å². The zero-order valence-corrected chi connectivity index (χ0v) is 25.7. The number of methoxy groups -OCH3 is 1. The van der Waals surface area contributed by atoms with Crippen molar-refractivity contribution < 1.29 is 28.5 Å². The van der Waals surface area contributed by atoms with Gasteiger partial charge in [0.2, 0.25) is 11.8 Å². The van der Waals surface area contributed by atoms with Gasteiger partial charge in [-0.3, -0.25) is 23.5 Å². The third-order valence-electron chi connectivity index (χ3n) is 7.55. The summed E-state index contributed by atoms with van der Waals surface area (Å²) < 4.78 is 26.7. The predicted octanol–water partition coefficient (Wildman–Crippen LogP) is 4.24. The highest BCUT2D eigenvalue weighted by atomic mass is 16.5. The molecular formula is C33H27N9O6. The molecule has 0 unspecified atom stereocenters. The molecular weight excluding hydrogens is 618 g/mol. The van der Waals surface area contributed by atoms with Crippen LogP contribution >= 0.6 is 0 Å². The fourth-order valence-electron chi connectivity index (χ4n) is 5.15. The molecule has 0 fully saturated rings. The van der Waals surface area contributed by atoms with Crippen molar-refractivity contribution >= 4 is 23.9 Å². The minimum atomic E-state index is 0.0529. The maximum absolute atomic E-state index is 11.9. The number of nitrogens with one attached hydrogen (secondary N) is 1. The Morgan fingerprint density at radius 3 is 2.35 bits per heavy atom. The molecule has 0 saturated carbocycles. The standard InChI is InChI=1S/C33H27N9O6/c1-20-38-40-33-22(4-3-8-41(20)33)18-46-27-14-35-31(12-24(27)16-44)48-17-21-6-9-42-29(10-21)37-26(32(42)25-5-7-36-39-25)19-47-28-13-34-30(45-2)11-23(28)15-43/h3-16H,17-19H2,1-2H3,(H,36,39). The first-order valence-electron chi connectivity index (χ1n) is 14.7. The molecule has 0 saturated heterocycles. The minimum absolute atomic E-state index is 0.0529. The van der Waals surface area contributed by atoms with Crippen molar-refractivity contribution in [1.29, 1.82) is 0 Å². The lowest BCUT2D eigenvalue weighted by Gasteiger charge is -2.11. The second-order valence-electron chi connectivity index (χ2n) is 10.5. The summed E-state index contributed by atoms with van der Waals surface area (Å²) in [5, 5.41) is 15.4. The molecule has 48 heavy (non-hydrogen) atoms. The highest BCUT2D eigenvalue weighted by Gasteiger charge is 2.18. The highest BCUT2D eigenvalue weighted by Crippen LogP contribution is 2.28. The molecule has 1 N–H and O–H groups in total. The molecule has 7 heterocycles. The topological polar surface area (TPSA) is 173 Å². The third-order valence-corrected chi connectivity index (χ3v) is 7.55. The van der Waals surface area contributed by atoms with E-state index in [0.29, 0.717) is 58.1 Å². The average molecular weight is 646 g/mol. The number of aromatic amines is 1. The number of aromatic nitrogens is 9. The fraction of sp³-hybridized carbons (Fsp3) is 0.152. The summed E-state index contributed by atoms with van der Waals surface area (Å²) in [6, 6.07) is 12.4. The molecule has 7 rings (SSSR count). The zero-order chi connectivity index (χ0) is 33.0. The van der Waals surface area contributed by atoms with Crippen LogP contribution in [0.15, 0.2) is 73.4 Å². The van der Waals surface area contributed by atoms with Gasteiger partial charge >= 0.3 is 0 Å². The Kier molecular flexibility index (Phi) is 8.13. The lowest BCUT2D eigenvalue weighted by Crippen LogP contribution is -2.03. The van der Waals surface area contributed by atoms with E-state index in [1.54, 1.807) is 6.20 Å². The number of imidazole rings is 1. The lowest BCUT2D eigenvalue weighted by molar-refractivity contribution is 0.111. The number of carbonyl (C=O) groups is 2. The molecule has 7 aromatic rings. The maximum Gasteiger partial charge on any atom is 0.214 e. The molecule has 0 radical (unpaired) electrons. The van der Waals surface area contributed by atoms with Gasteiger partial charge in [0.15, 0.2) is 18.2 Å². The Balaban J connectivity index is 1.07. The van der Waals surface area contributed by atoms with Crippen LogP contribution in [-0.2, 0) is 19.8 Å². The number of nitrogens with zero attached hydrogens (tertiary/aromatic N) is 8. The van der Waals surface area contributed by atoms with E-state index in [-0.39, 0.29) is 25.7 Å². The summed E-state index contributed by atoms with van der Waals surface area (Å²) in [4.78, 5) is 36.9. The first-order chi connectivity index (χ1) is 23.5. The van der Waals surface area contributed by atoms with Gasteiger partial charge in [0.1, 0.15) is 48.5 Å². The first kappa shape index (κ1) is 30.0. The number of H-pyrrole nitrogens is 1. The molecule has 7 aromatic heterocycles. The number of aldehydes is 2. The van der Waals surface area contributed by atoms with E-state index in [1.807, 2.05) is 58.5 Å². The monoisotopic (exact) mass is 645 g/mol. The van der Waals surface area contributed by atoms with Gasteiger partial charge in [0.25, 0.3) is 0 Å². The Bertz CT molecular complexity index is 2260. The van der Waals surface area contributed by atoms with Gasteiger partial charge in [-0.15, -0.1) is 10.2 Å². The molecule has 0 spiro atoms. The van der Waals surface area contributed by atoms with E-state index in [0.717, 1.165) is 28.3 Å². The number of ether oxygens (including phenoxy) is 4. The summed E-state index contributed by atoms with van der Waals surface area (Å²) in [5.41, 5.74) is 5.62. The first-order valence-corrected chi connectivity index (χ1v) is 14.7. The second kappa shape index (κ2) is 13.0. The van der Waals surface area contributed by atoms with Crippen molar-refractivity contribution in [2.45, 2.75) is 26.7 Å². The number of hydrogen-bond acceptors (Lipinski definition) is 12. The number of aryl methyl sites for hydroxylation is 1. The molecule has 0 aromatic carbocycles. The number of carbonyl (C=O) groups excluding carboxylic acids is 2. The smallest absolute Gasteiger partial charge is 0.214 e. The van der Waals surface area contributed by atoms with E-state index in [1.165, 1.54) is 31.6 Å². The summed E-state index contributed by atoms with van der Waals surface area (Å²) in [5.74, 6) is 1.95. The van der Waals surface area contributed by atoms with E-state index in [2.05, 4.69) is 30.4 Å². The molecule has 0 aliphatic rings. The van der Waals surface area contributed by atoms with Gasteiger partial charge in [-0.05, 0) is 36.8 Å². The van der Waals surface area contributed by atoms with Crippen molar-refractivity contribution in [1.82, 2.24) is 44.1 Å². The molecule has 0 atom stereocenters. The van der Waals surface area contributed by atoms with Crippen LogP contribution in [-0.4, -0.2) is 63.8 Å². The third kappa shape index (κ3) is 5.87. The molecule has 0 aliphatic heterocycles. The Labute approximate surface area is 272 Å². The van der Waals surface area contributed by atoms with Crippen LogP contribution in [0.3, 0.4) is 0 Å². The Hall–Kier alpha value is -6.64. The van der Waals surface area contributed by atoms with Gasteiger partial charge in [-0.2, -0.15) is 5.10 Å². The van der Waals surface area contributed by atoms with Crippen LogP contribution in [0.25, 0.3) is 22.7 Å². The number of hydrogen-bond donors (Lipinski definition) is 1. The molecule has 0 bridgehead atoms. The van der Waals surface area contributed by atoms with Crippen molar-refractivity contribution in [3.8, 4) is 34.6 Å². The number of pyridine rings is 4. The molecule has 15 heteroatoms. The van der Waals surface area contributed by atoms with Crippen LogP contribution in [0.5, 0.6) is 23.3 Å². The molecule has 0 aliphatic carbocycles. The predicted molar refractivity (Wildman–Crippen MR) is 169 cm³/mol. The van der Waals surface area contributed by atoms with Crippen LogP contribution in [0.1, 0.15) is 43.4 Å². The summed E-state index contributed by atoms with van der Waals surface area (Å²) >= 11 is 0. The van der Waals surface area contributed by atoms with Gasteiger partial charge in [-0.1, -0.05) is 6.07 Å². The number of fused-ring (bicyclic) bond motifs is 2. The molecule has 0 amide bonds. The largest absolute Gasteiger partial charge is 0.486 e. The van der Waals surface area contributed by atoms with Crippen LogP contribution in [0.4, 0.5) is 0 Å². The molecule has 240 valence electrons. The highest BCUT2D eigenvalue weighted by molar-refractivity contribution is 5.80. The van der Waals surface area contributed by atoms with Crippen molar-refractivity contribution in [2.75, 3.05) is 7.11 Å². The normalized spacial score (nSPS) is 11.1. The summed E-state index contributed by atoms with van der Waals surface area (Å²) in [7, 11) is 1.47. The second-order valence-corrected chi connectivity index (χ2v) is 10.5. The van der Waals surface area contributed by atoms with E-state index in [9.17, 15) is 9.59 Å². The van der Waals surface area contributed by atoms with Gasteiger partial charge in [-0.25, -0.2) is 15.0 Å². The van der Waals surface area contributed by atoms with Crippen molar-refractivity contribution in [3.63, 3.8) is 0 Å². The minimum Gasteiger partial charge on any atom is -0.486 e. The molecule has 15 nitrogen and oxygen atoms in total. The van der Waals surface area contributed by atoms with E-state index < -0.39 is 0 Å². The summed E-state index contributed by atoms with van der Waals surface area (Å²) in [6.45, 7) is 2.26. The fourth-order valence-corrected chi connectivity index (χ4v) is 5.15. The number of rotatable bonds is 13. The van der Waals surface area contributed by atoms with Gasteiger partial charge in [0.05, 0.1) is 42.0 Å². The van der Waals surface area contributed by atoms with Crippen molar-refractivity contribution in [3.05, 3.63) is 107 Å². The maximum atomic E-state index is 11.9. The quantitative estimate of drug-likeness (QED) is 0.177. The average Bonchev–Trinajstić information content (AvgIpc) is 3.88. The SMILES string of the molecule is COc1cc(C=O)c(OCc2nc3cc(COc4cc(C=O)c(OCc5cccn6c(C)nnc56)cn4)ccn3c2-c2ccn[nH]2)cn1. The summed E-state index contributed by atoms with van der Waals surface area (Å²) in [6.07, 6.45) is 9.67. The van der Waals surface area contributed by atoms with Crippen LogP contribution in [0, 0.1) is 6.92 Å². The van der Waals surface area contributed by atoms with Gasteiger partial charge < -0.3 is 18.9 Å². The van der Waals surface area contributed by atoms with E-state index >= 15 is 0 Å². The van der Waals surface area contributed by atoms with Crippen LogP contribution < -0.4 is 18.9 Å². The Morgan fingerprint density at radius 1 is 0.833 bits per heavy atom. The Morgan fingerprint density at radius 2 is 1.60 bits per heavy atom. The zero-order valence-electron chi connectivity index (χ0n) is 25.7. The van der Waals surface area contributed by atoms with Crippen molar-refractivity contribution in [2.24, 2.45) is 0 Å². The van der Waals surface area contributed by atoms with Gasteiger partial charge in [0, 0.05) is 36.3 Å². The lowest BCUT2D eigenvalue weighted by atomic mass is 10.2.